The van der Waals surface area contributed by atoms with Gasteiger partial charge in [-0.3, -0.25) is 0 Å². The minimum absolute atomic E-state index is 0.869. The lowest BCUT2D eigenvalue weighted by atomic mass is 9.96. The Labute approximate surface area is 344 Å². The highest BCUT2D eigenvalue weighted by Crippen LogP contribution is 2.44. The number of rotatable bonds is 4. The molecule has 0 aliphatic heterocycles. The molecule has 4 heteroatoms. The van der Waals surface area contributed by atoms with Crippen LogP contribution in [0.25, 0.3) is 121 Å². The summed E-state index contributed by atoms with van der Waals surface area (Å²) in [7, 11) is 0. The van der Waals surface area contributed by atoms with E-state index in [-0.39, 0.29) is 0 Å². The van der Waals surface area contributed by atoms with E-state index in [0.29, 0.717) is 0 Å². The largest absolute Gasteiger partial charge is 0.309 e. The molecule has 4 nitrogen and oxygen atoms in total. The van der Waals surface area contributed by atoms with Crippen LogP contribution in [0.15, 0.2) is 206 Å². The predicted octanol–water partition coefficient (Wildman–Crippen LogP) is 14.6. The highest BCUT2D eigenvalue weighted by molar-refractivity contribution is 6.20. The van der Waals surface area contributed by atoms with Crippen LogP contribution in [0, 0.1) is 0 Å². The van der Waals surface area contributed by atoms with Crippen molar-refractivity contribution < 1.29 is 0 Å². The van der Waals surface area contributed by atoms with Crippen LogP contribution in [0.3, 0.4) is 0 Å². The number of hydrogen-bond acceptors (Lipinski definition) is 2. The Kier molecular flexibility index (Phi) is 6.98. The maximum Gasteiger partial charge on any atom is 0.0979 e. The second-order valence-corrected chi connectivity index (χ2v) is 15.7. The Morgan fingerprint density at radius 2 is 0.850 bits per heavy atom. The van der Waals surface area contributed by atoms with Crippen molar-refractivity contribution in [2.75, 3.05) is 0 Å². The molecule has 3 heterocycles. The van der Waals surface area contributed by atoms with Crippen LogP contribution in [0.1, 0.15) is 0 Å². The van der Waals surface area contributed by atoms with E-state index in [1.165, 1.54) is 54.1 Å². The molecule has 13 aromatic rings. The third-order valence-corrected chi connectivity index (χ3v) is 12.4. The van der Waals surface area contributed by atoms with Crippen molar-refractivity contribution in [3.8, 4) is 33.9 Å². The van der Waals surface area contributed by atoms with Gasteiger partial charge in [0.25, 0.3) is 0 Å². The molecule has 0 atom stereocenters. The van der Waals surface area contributed by atoms with Gasteiger partial charge < -0.3 is 9.13 Å². The van der Waals surface area contributed by atoms with Crippen molar-refractivity contribution in [1.82, 2.24) is 19.1 Å². The van der Waals surface area contributed by atoms with E-state index in [1.54, 1.807) is 0 Å². The molecule has 0 aliphatic carbocycles. The molecule has 10 aromatic carbocycles. The highest BCUT2D eigenvalue weighted by Gasteiger charge is 2.23. The summed E-state index contributed by atoms with van der Waals surface area (Å²) in [5.74, 6) is 0. The van der Waals surface area contributed by atoms with Gasteiger partial charge in [0.05, 0.1) is 55.9 Å². The number of fused-ring (bicyclic) bond motifs is 10. The fourth-order valence-corrected chi connectivity index (χ4v) is 9.77. The highest BCUT2D eigenvalue weighted by atomic mass is 15.0. The average Bonchev–Trinajstić information content (AvgIpc) is 3.82. The zero-order chi connectivity index (χ0) is 39.3. The van der Waals surface area contributed by atoms with E-state index in [0.717, 1.165) is 66.7 Å². The molecule has 60 heavy (non-hydrogen) atoms. The average molecular weight is 763 g/mol. The molecule has 0 aliphatic rings. The number of hydrogen-bond donors (Lipinski definition) is 0. The van der Waals surface area contributed by atoms with E-state index in [9.17, 15) is 0 Å². The molecule has 0 bridgehead atoms. The number of nitrogens with zero attached hydrogens (tertiary/aromatic N) is 4. The number of benzene rings is 10. The minimum Gasteiger partial charge on any atom is -0.309 e. The lowest BCUT2D eigenvalue weighted by molar-refractivity contribution is 1.18. The van der Waals surface area contributed by atoms with Gasteiger partial charge >= 0.3 is 0 Å². The van der Waals surface area contributed by atoms with Crippen LogP contribution in [0.5, 0.6) is 0 Å². The molecule has 0 saturated carbocycles. The fraction of sp³-hybridized carbons (Fsp3) is 0. The first-order chi connectivity index (χ1) is 29.8. The maximum atomic E-state index is 5.40. The standard InChI is InChI=1S/C56H34N4/c1-2-15-36-32-39(29-28-35(36)14-1)55-56(58-47-23-10-9-22-46(47)57-55)44-30-31-50(41-19-6-5-18-40(41)44)60-52-27-13-26-51(54(52)45-33-37-16-3-4-17-38(37)34-53(45)60)59-48-24-11-7-20-42(48)43-21-8-12-25-49(43)59/h1-34H. The second kappa shape index (κ2) is 12.7. The van der Waals surface area contributed by atoms with Crippen LogP contribution < -0.4 is 0 Å². The van der Waals surface area contributed by atoms with Gasteiger partial charge in [-0.15, -0.1) is 0 Å². The van der Waals surface area contributed by atoms with E-state index < -0.39 is 0 Å². The Morgan fingerprint density at radius 3 is 1.58 bits per heavy atom. The van der Waals surface area contributed by atoms with E-state index in [4.69, 9.17) is 9.97 Å². The van der Waals surface area contributed by atoms with Gasteiger partial charge in [-0.05, 0) is 93.7 Å². The first-order valence-corrected chi connectivity index (χ1v) is 20.5. The van der Waals surface area contributed by atoms with Gasteiger partial charge in [0, 0.05) is 38.1 Å². The van der Waals surface area contributed by atoms with Crippen LogP contribution >= 0.6 is 0 Å². The Balaban J connectivity index is 1.11. The summed E-state index contributed by atoms with van der Waals surface area (Å²) < 4.78 is 4.94. The first-order valence-electron chi connectivity index (χ1n) is 20.5. The molecular weight excluding hydrogens is 729 g/mol. The van der Waals surface area contributed by atoms with Crippen LogP contribution in [0.2, 0.25) is 0 Å². The van der Waals surface area contributed by atoms with Gasteiger partial charge in [0.15, 0.2) is 0 Å². The zero-order valence-electron chi connectivity index (χ0n) is 32.4. The summed E-state index contributed by atoms with van der Waals surface area (Å²) in [5.41, 5.74) is 12.6. The Bertz CT molecular complexity index is 3850. The van der Waals surface area contributed by atoms with Crippen molar-refractivity contribution in [2.24, 2.45) is 0 Å². The normalized spacial score (nSPS) is 12.0. The fourth-order valence-electron chi connectivity index (χ4n) is 9.77. The third-order valence-electron chi connectivity index (χ3n) is 12.4. The van der Waals surface area contributed by atoms with Gasteiger partial charge in [0.2, 0.25) is 0 Å². The maximum absolute atomic E-state index is 5.40. The lowest BCUT2D eigenvalue weighted by Gasteiger charge is -2.17. The van der Waals surface area contributed by atoms with E-state index in [2.05, 4.69) is 203 Å². The Hall–Kier alpha value is -8.08. The number of aromatic nitrogens is 4. The van der Waals surface area contributed by atoms with Gasteiger partial charge in [-0.2, -0.15) is 0 Å². The topological polar surface area (TPSA) is 35.6 Å². The minimum atomic E-state index is 0.869. The molecule has 0 amide bonds. The van der Waals surface area contributed by atoms with Crippen LogP contribution in [-0.2, 0) is 0 Å². The molecule has 0 saturated heterocycles. The molecule has 0 unspecified atom stereocenters. The lowest BCUT2D eigenvalue weighted by Crippen LogP contribution is -2.00. The van der Waals surface area contributed by atoms with Crippen molar-refractivity contribution in [3.63, 3.8) is 0 Å². The number of para-hydroxylation sites is 4. The molecule has 0 radical (unpaired) electrons. The SMILES string of the molecule is c1ccc2cc(-c3nc4ccccc4nc3-c3ccc(-n4c5cc6ccccc6cc5c5c(-n6c7ccccc7c7ccccc76)cccc54)c4ccccc34)ccc2c1. The van der Waals surface area contributed by atoms with Gasteiger partial charge in [-0.1, -0.05) is 140 Å². The van der Waals surface area contributed by atoms with Crippen molar-refractivity contribution >= 4 is 87.0 Å². The summed E-state index contributed by atoms with van der Waals surface area (Å²) in [4.78, 5) is 10.7. The van der Waals surface area contributed by atoms with Crippen LogP contribution in [0.4, 0.5) is 0 Å². The summed E-state index contributed by atoms with van der Waals surface area (Å²) in [5, 5.41) is 12.0. The molecule has 0 spiro atoms. The van der Waals surface area contributed by atoms with Crippen molar-refractivity contribution in [3.05, 3.63) is 206 Å². The molecule has 3 aromatic heterocycles. The summed E-state index contributed by atoms with van der Waals surface area (Å²) in [6.07, 6.45) is 0. The summed E-state index contributed by atoms with van der Waals surface area (Å²) in [6.45, 7) is 0. The third kappa shape index (κ3) is 4.79. The molecule has 13 rings (SSSR count). The first kappa shape index (κ1) is 32.9. The quantitative estimate of drug-likeness (QED) is 0.179. The van der Waals surface area contributed by atoms with E-state index in [1.807, 2.05) is 12.1 Å². The zero-order valence-corrected chi connectivity index (χ0v) is 32.4. The molecule has 0 N–H and O–H groups in total. The van der Waals surface area contributed by atoms with Gasteiger partial charge in [-0.25, -0.2) is 9.97 Å². The van der Waals surface area contributed by atoms with Crippen LogP contribution in [-0.4, -0.2) is 19.1 Å². The smallest absolute Gasteiger partial charge is 0.0979 e. The van der Waals surface area contributed by atoms with Crippen molar-refractivity contribution in [1.29, 1.82) is 0 Å². The second-order valence-electron chi connectivity index (χ2n) is 15.7. The van der Waals surface area contributed by atoms with E-state index >= 15 is 0 Å². The summed E-state index contributed by atoms with van der Waals surface area (Å²) in [6, 6.07) is 74.4. The monoisotopic (exact) mass is 762 g/mol. The Morgan fingerprint density at radius 1 is 0.300 bits per heavy atom. The molecular formula is C56H34N4. The molecule has 0 fully saturated rings. The predicted molar refractivity (Wildman–Crippen MR) is 252 cm³/mol. The van der Waals surface area contributed by atoms with Crippen molar-refractivity contribution in [2.45, 2.75) is 0 Å². The molecule has 278 valence electrons. The van der Waals surface area contributed by atoms with Gasteiger partial charge in [0.1, 0.15) is 0 Å². The summed E-state index contributed by atoms with van der Waals surface area (Å²) >= 11 is 0.